The highest BCUT2D eigenvalue weighted by Gasteiger charge is 2.15. The minimum Gasteiger partial charge on any atom is -0.381 e. The number of hydrogen-bond donors (Lipinski definition) is 3. The average molecular weight is 370 g/mol. The van der Waals surface area contributed by atoms with E-state index in [2.05, 4.69) is 15.4 Å². The van der Waals surface area contributed by atoms with E-state index in [-0.39, 0.29) is 6.03 Å². The third-order valence-corrected chi connectivity index (χ3v) is 5.40. The number of anilines is 2. The molecule has 0 aromatic heterocycles. The van der Waals surface area contributed by atoms with Crippen molar-refractivity contribution < 1.29 is 17.9 Å². The van der Waals surface area contributed by atoms with E-state index in [1.807, 2.05) is 0 Å². The molecule has 1 saturated heterocycles. The lowest BCUT2D eigenvalue weighted by atomic mass is 9.99. The molecule has 1 aromatic carbocycles. The van der Waals surface area contributed by atoms with Crippen molar-refractivity contribution in [1.29, 1.82) is 0 Å². The van der Waals surface area contributed by atoms with Crippen molar-refractivity contribution >= 4 is 27.6 Å². The second kappa shape index (κ2) is 9.02. The summed E-state index contributed by atoms with van der Waals surface area (Å²) in [5, 5.41) is 5.52. The van der Waals surface area contributed by atoms with E-state index in [1.54, 1.807) is 24.3 Å². The smallest absolute Gasteiger partial charge is 0.319 e. The quantitative estimate of drug-likeness (QED) is 0.682. The largest absolute Gasteiger partial charge is 0.381 e. The Bertz CT molecular complexity index is 672. The second-order valence-electron chi connectivity index (χ2n) is 6.22. The lowest BCUT2D eigenvalue weighted by Gasteiger charge is -2.21. The van der Waals surface area contributed by atoms with E-state index in [0.717, 1.165) is 36.8 Å². The van der Waals surface area contributed by atoms with E-state index < -0.39 is 10.2 Å². The van der Waals surface area contributed by atoms with Gasteiger partial charge in [-0.25, -0.2) is 4.79 Å². The normalized spacial score (nSPS) is 18.0. The van der Waals surface area contributed by atoms with Gasteiger partial charge in [-0.1, -0.05) is 6.07 Å². The molecule has 0 unspecified atom stereocenters. The average Bonchev–Trinajstić information content (AvgIpc) is 2.55. The summed E-state index contributed by atoms with van der Waals surface area (Å²) in [4.78, 5) is 12.0. The molecule has 0 bridgehead atoms. The standard InChI is InChI=1S/C16H26N4O4S/c1-20(2)25(22,23)19-15-7-3-6-14(11-15)18-16(21)17-9-8-13-5-4-10-24-12-13/h3,6-7,11,13,19H,4-5,8-10,12H2,1-2H3,(H2,17,18,21)/t13-/m0/s1. The predicted octanol–water partition coefficient (Wildman–Crippen LogP) is 1.84. The van der Waals surface area contributed by atoms with Crippen LogP contribution in [0.5, 0.6) is 0 Å². The third kappa shape index (κ3) is 6.52. The molecule has 2 amide bonds. The Kier molecular flexibility index (Phi) is 7.03. The summed E-state index contributed by atoms with van der Waals surface area (Å²) in [5.74, 6) is 0.498. The monoisotopic (exact) mass is 370 g/mol. The highest BCUT2D eigenvalue weighted by molar-refractivity contribution is 7.90. The van der Waals surface area contributed by atoms with Crippen LogP contribution in [0.1, 0.15) is 19.3 Å². The Labute approximate surface area is 149 Å². The Morgan fingerprint density at radius 2 is 2.08 bits per heavy atom. The minimum atomic E-state index is -3.58. The summed E-state index contributed by atoms with van der Waals surface area (Å²) in [6.45, 7) is 2.17. The number of benzene rings is 1. The van der Waals surface area contributed by atoms with Crippen LogP contribution in [0.4, 0.5) is 16.2 Å². The SMILES string of the molecule is CN(C)S(=O)(=O)Nc1cccc(NC(=O)NCC[C@@H]2CCCOC2)c1. The van der Waals surface area contributed by atoms with Crippen LogP contribution in [0.2, 0.25) is 0 Å². The number of carbonyl (C=O) groups is 1. The lowest BCUT2D eigenvalue weighted by Crippen LogP contribution is -2.32. The van der Waals surface area contributed by atoms with Crippen molar-refractivity contribution in [1.82, 2.24) is 9.62 Å². The fraction of sp³-hybridized carbons (Fsp3) is 0.562. The van der Waals surface area contributed by atoms with E-state index in [0.29, 0.717) is 23.8 Å². The van der Waals surface area contributed by atoms with Crippen LogP contribution in [-0.2, 0) is 14.9 Å². The highest BCUT2D eigenvalue weighted by Crippen LogP contribution is 2.18. The van der Waals surface area contributed by atoms with Gasteiger partial charge in [-0.2, -0.15) is 12.7 Å². The molecular formula is C16H26N4O4S. The molecular weight excluding hydrogens is 344 g/mol. The summed E-state index contributed by atoms with van der Waals surface area (Å²) in [7, 11) is -0.701. The highest BCUT2D eigenvalue weighted by atomic mass is 32.2. The number of urea groups is 1. The van der Waals surface area contributed by atoms with Crippen molar-refractivity contribution in [3.8, 4) is 0 Å². The summed E-state index contributed by atoms with van der Waals surface area (Å²) >= 11 is 0. The number of hydrogen-bond acceptors (Lipinski definition) is 4. The minimum absolute atomic E-state index is 0.315. The van der Waals surface area contributed by atoms with Crippen molar-refractivity contribution in [2.45, 2.75) is 19.3 Å². The number of amides is 2. The van der Waals surface area contributed by atoms with E-state index >= 15 is 0 Å². The van der Waals surface area contributed by atoms with Crippen LogP contribution in [0.15, 0.2) is 24.3 Å². The van der Waals surface area contributed by atoms with Crippen molar-refractivity contribution in [3.63, 3.8) is 0 Å². The Morgan fingerprint density at radius 3 is 2.76 bits per heavy atom. The Hall–Kier alpha value is -1.84. The van der Waals surface area contributed by atoms with Crippen LogP contribution < -0.4 is 15.4 Å². The van der Waals surface area contributed by atoms with Gasteiger partial charge in [0.15, 0.2) is 0 Å². The number of nitrogens with one attached hydrogen (secondary N) is 3. The first-order valence-electron chi connectivity index (χ1n) is 8.30. The molecule has 1 aliphatic heterocycles. The molecule has 25 heavy (non-hydrogen) atoms. The van der Waals surface area contributed by atoms with Gasteiger partial charge in [0, 0.05) is 39.5 Å². The maximum atomic E-state index is 12.0. The molecule has 2 rings (SSSR count). The van der Waals surface area contributed by atoms with Crippen LogP contribution in [0.3, 0.4) is 0 Å². The predicted molar refractivity (Wildman–Crippen MR) is 97.9 cm³/mol. The summed E-state index contributed by atoms with van der Waals surface area (Å²) in [5.41, 5.74) is 0.892. The van der Waals surface area contributed by atoms with Gasteiger partial charge in [0.05, 0.1) is 5.69 Å². The van der Waals surface area contributed by atoms with Gasteiger partial charge in [0.25, 0.3) is 0 Å². The van der Waals surface area contributed by atoms with Crippen LogP contribution in [0, 0.1) is 5.92 Å². The van der Waals surface area contributed by atoms with Crippen molar-refractivity contribution in [3.05, 3.63) is 24.3 Å². The molecule has 0 spiro atoms. The Balaban J connectivity index is 1.81. The van der Waals surface area contributed by atoms with Crippen LogP contribution in [-0.4, -0.2) is 52.6 Å². The van der Waals surface area contributed by atoms with Gasteiger partial charge in [-0.15, -0.1) is 0 Å². The molecule has 0 aliphatic carbocycles. The van der Waals surface area contributed by atoms with Gasteiger partial charge in [-0.3, -0.25) is 4.72 Å². The molecule has 1 aliphatic rings. The zero-order valence-electron chi connectivity index (χ0n) is 14.6. The molecule has 9 heteroatoms. The fourth-order valence-electron chi connectivity index (χ4n) is 2.50. The van der Waals surface area contributed by atoms with Gasteiger partial charge in [0.2, 0.25) is 0 Å². The maximum absolute atomic E-state index is 12.0. The molecule has 0 saturated carbocycles. The zero-order chi connectivity index (χ0) is 18.3. The summed E-state index contributed by atoms with van der Waals surface area (Å²) < 4.78 is 32.6. The summed E-state index contributed by atoms with van der Waals surface area (Å²) in [6.07, 6.45) is 3.10. The maximum Gasteiger partial charge on any atom is 0.319 e. The van der Waals surface area contributed by atoms with E-state index in [4.69, 9.17) is 4.74 Å². The van der Waals surface area contributed by atoms with E-state index in [1.165, 1.54) is 14.1 Å². The third-order valence-electron chi connectivity index (χ3n) is 3.94. The molecule has 1 atom stereocenters. The molecule has 1 aromatic rings. The van der Waals surface area contributed by atoms with Gasteiger partial charge in [0.1, 0.15) is 0 Å². The lowest BCUT2D eigenvalue weighted by molar-refractivity contribution is 0.0520. The number of carbonyl (C=O) groups excluding carboxylic acids is 1. The van der Waals surface area contributed by atoms with Crippen LogP contribution in [0.25, 0.3) is 0 Å². The Morgan fingerprint density at radius 1 is 1.32 bits per heavy atom. The molecule has 8 nitrogen and oxygen atoms in total. The first-order valence-corrected chi connectivity index (χ1v) is 9.74. The zero-order valence-corrected chi connectivity index (χ0v) is 15.4. The van der Waals surface area contributed by atoms with Gasteiger partial charge >= 0.3 is 16.2 Å². The van der Waals surface area contributed by atoms with Gasteiger partial charge < -0.3 is 15.4 Å². The number of rotatable bonds is 7. The van der Waals surface area contributed by atoms with Crippen molar-refractivity contribution in [2.75, 3.05) is 43.9 Å². The molecule has 0 radical (unpaired) electrons. The first kappa shape index (κ1) is 19.5. The van der Waals surface area contributed by atoms with E-state index in [9.17, 15) is 13.2 Å². The molecule has 1 heterocycles. The van der Waals surface area contributed by atoms with Crippen molar-refractivity contribution in [2.24, 2.45) is 5.92 Å². The second-order valence-corrected chi connectivity index (χ2v) is 8.11. The molecule has 3 N–H and O–H groups in total. The van der Waals surface area contributed by atoms with Gasteiger partial charge in [-0.05, 0) is 43.4 Å². The first-order chi connectivity index (χ1) is 11.9. The fourth-order valence-corrected chi connectivity index (χ4v) is 3.11. The number of nitrogens with zero attached hydrogens (tertiary/aromatic N) is 1. The van der Waals surface area contributed by atoms with Crippen LogP contribution >= 0.6 is 0 Å². The molecule has 1 fully saturated rings. The molecule has 140 valence electrons. The topological polar surface area (TPSA) is 99.8 Å². The summed E-state index contributed by atoms with van der Waals surface area (Å²) in [6, 6.07) is 6.23. The number of ether oxygens (including phenoxy) is 1.